The number of anilines is 1. The number of ether oxygens (including phenoxy) is 2. The highest BCUT2D eigenvalue weighted by molar-refractivity contribution is 5.97. The number of methoxy groups -OCH3 is 2. The van der Waals surface area contributed by atoms with Crippen LogP contribution in [0.3, 0.4) is 0 Å². The molecule has 2 amide bonds. The molecule has 0 atom stereocenters. The third kappa shape index (κ3) is 5.10. The molecule has 0 saturated carbocycles. The summed E-state index contributed by atoms with van der Waals surface area (Å²) in [5.74, 6) is 0.751. The van der Waals surface area contributed by atoms with Crippen molar-refractivity contribution in [1.82, 2.24) is 10.2 Å². The van der Waals surface area contributed by atoms with E-state index in [1.807, 2.05) is 12.1 Å². The molecular formula is C21H25N3O5. The summed E-state index contributed by atoms with van der Waals surface area (Å²) in [6.07, 6.45) is 0. The van der Waals surface area contributed by atoms with Crippen molar-refractivity contribution in [2.75, 3.05) is 51.8 Å². The summed E-state index contributed by atoms with van der Waals surface area (Å²) in [5.41, 5.74) is 1.38. The van der Waals surface area contributed by atoms with Gasteiger partial charge in [0.05, 0.1) is 20.8 Å². The Hall–Kier alpha value is -3.42. The first-order valence-corrected chi connectivity index (χ1v) is 9.33. The van der Waals surface area contributed by atoms with Crippen molar-refractivity contribution < 1.29 is 24.2 Å². The molecule has 1 aliphatic rings. The first-order valence-electron chi connectivity index (χ1n) is 9.33. The number of nitrogens with one attached hydrogen (secondary N) is 1. The van der Waals surface area contributed by atoms with Crippen LogP contribution in [0.2, 0.25) is 0 Å². The van der Waals surface area contributed by atoms with Crippen LogP contribution < -0.4 is 19.7 Å². The Morgan fingerprint density at radius 3 is 2.10 bits per heavy atom. The number of hydrogen-bond acceptors (Lipinski definition) is 6. The number of amides is 2. The van der Waals surface area contributed by atoms with Crippen LogP contribution in [-0.2, 0) is 4.79 Å². The van der Waals surface area contributed by atoms with E-state index in [2.05, 4.69) is 10.2 Å². The number of phenolic OH excluding ortho intramolecular Hbond substituents is 1. The van der Waals surface area contributed by atoms with Crippen LogP contribution in [0.15, 0.2) is 42.5 Å². The number of phenols is 1. The fraction of sp³-hybridized carbons (Fsp3) is 0.333. The minimum absolute atomic E-state index is 0.0719. The summed E-state index contributed by atoms with van der Waals surface area (Å²) >= 11 is 0. The Kier molecular flexibility index (Phi) is 6.43. The van der Waals surface area contributed by atoms with E-state index in [4.69, 9.17) is 9.47 Å². The van der Waals surface area contributed by atoms with E-state index < -0.39 is 0 Å². The van der Waals surface area contributed by atoms with Gasteiger partial charge in [-0.2, -0.15) is 0 Å². The van der Waals surface area contributed by atoms with Gasteiger partial charge in [-0.1, -0.05) is 0 Å². The number of aromatic hydroxyl groups is 1. The maximum Gasteiger partial charge on any atom is 0.251 e. The van der Waals surface area contributed by atoms with E-state index in [1.165, 1.54) is 14.2 Å². The second kappa shape index (κ2) is 9.18. The van der Waals surface area contributed by atoms with E-state index in [0.29, 0.717) is 43.2 Å². The molecule has 1 fully saturated rings. The monoisotopic (exact) mass is 399 g/mol. The maximum atomic E-state index is 12.5. The van der Waals surface area contributed by atoms with E-state index in [-0.39, 0.29) is 24.1 Å². The van der Waals surface area contributed by atoms with E-state index >= 15 is 0 Å². The highest BCUT2D eigenvalue weighted by Gasteiger charge is 2.22. The Morgan fingerprint density at radius 2 is 1.55 bits per heavy atom. The zero-order valence-corrected chi connectivity index (χ0v) is 16.6. The molecule has 0 unspecified atom stereocenters. The number of nitrogens with zero attached hydrogens (tertiary/aromatic N) is 2. The second-order valence-electron chi connectivity index (χ2n) is 6.67. The SMILES string of the molecule is COc1cc(OC)cc(C(=O)NCC(=O)N2CCN(c3ccc(O)cc3)CC2)c1. The molecule has 0 aliphatic carbocycles. The Morgan fingerprint density at radius 1 is 0.966 bits per heavy atom. The van der Waals surface area contributed by atoms with Gasteiger partial charge in [0.15, 0.2) is 0 Å². The summed E-state index contributed by atoms with van der Waals surface area (Å²) in [6, 6.07) is 11.9. The van der Waals surface area contributed by atoms with Gasteiger partial charge in [-0.3, -0.25) is 9.59 Å². The van der Waals surface area contributed by atoms with E-state index in [9.17, 15) is 14.7 Å². The molecule has 29 heavy (non-hydrogen) atoms. The first-order chi connectivity index (χ1) is 14.0. The molecule has 2 aromatic carbocycles. The fourth-order valence-corrected chi connectivity index (χ4v) is 3.19. The summed E-state index contributed by atoms with van der Waals surface area (Å²) in [5, 5.41) is 12.1. The molecule has 0 bridgehead atoms. The third-order valence-corrected chi connectivity index (χ3v) is 4.86. The molecule has 8 nitrogen and oxygen atoms in total. The van der Waals surface area contributed by atoms with E-state index in [1.54, 1.807) is 35.2 Å². The van der Waals surface area contributed by atoms with Gasteiger partial charge in [0.1, 0.15) is 17.2 Å². The zero-order chi connectivity index (χ0) is 20.8. The van der Waals surface area contributed by atoms with Crippen molar-refractivity contribution in [3.63, 3.8) is 0 Å². The van der Waals surface area contributed by atoms with Gasteiger partial charge < -0.3 is 29.7 Å². The topological polar surface area (TPSA) is 91.3 Å². The van der Waals surface area contributed by atoms with Gasteiger partial charge in [-0.05, 0) is 36.4 Å². The number of carbonyl (C=O) groups excluding carboxylic acids is 2. The summed E-state index contributed by atoms with van der Waals surface area (Å²) in [4.78, 5) is 28.8. The Labute approximate surface area is 169 Å². The molecular weight excluding hydrogens is 374 g/mol. The van der Waals surface area contributed by atoms with Crippen molar-refractivity contribution in [2.24, 2.45) is 0 Å². The summed E-state index contributed by atoms with van der Waals surface area (Å²) in [7, 11) is 3.02. The second-order valence-corrected chi connectivity index (χ2v) is 6.67. The lowest BCUT2D eigenvalue weighted by Crippen LogP contribution is -2.51. The van der Waals surface area contributed by atoms with Crippen molar-refractivity contribution >= 4 is 17.5 Å². The molecule has 154 valence electrons. The van der Waals surface area contributed by atoms with Gasteiger partial charge in [0.25, 0.3) is 5.91 Å². The van der Waals surface area contributed by atoms with Gasteiger partial charge >= 0.3 is 0 Å². The molecule has 1 saturated heterocycles. The van der Waals surface area contributed by atoms with Crippen LogP contribution in [0, 0.1) is 0 Å². The lowest BCUT2D eigenvalue weighted by atomic mass is 10.2. The lowest BCUT2D eigenvalue weighted by Gasteiger charge is -2.36. The number of benzene rings is 2. The van der Waals surface area contributed by atoms with Crippen LogP contribution in [0.1, 0.15) is 10.4 Å². The van der Waals surface area contributed by atoms with Crippen LogP contribution in [0.5, 0.6) is 17.2 Å². The average Bonchev–Trinajstić information content (AvgIpc) is 2.77. The van der Waals surface area contributed by atoms with Gasteiger partial charge in [-0.15, -0.1) is 0 Å². The van der Waals surface area contributed by atoms with Gasteiger partial charge in [0.2, 0.25) is 5.91 Å². The molecule has 1 aliphatic heterocycles. The minimum Gasteiger partial charge on any atom is -0.508 e. The van der Waals surface area contributed by atoms with Gasteiger partial charge in [0, 0.05) is 43.5 Å². The third-order valence-electron chi connectivity index (χ3n) is 4.86. The quantitative estimate of drug-likeness (QED) is 0.765. The van der Waals surface area contributed by atoms with Crippen LogP contribution in [-0.4, -0.2) is 68.8 Å². The van der Waals surface area contributed by atoms with Crippen LogP contribution in [0.25, 0.3) is 0 Å². The molecule has 8 heteroatoms. The molecule has 0 radical (unpaired) electrons. The number of carbonyl (C=O) groups is 2. The predicted octanol–water partition coefficient (Wildman–Crippen LogP) is 1.49. The fourth-order valence-electron chi connectivity index (χ4n) is 3.19. The highest BCUT2D eigenvalue weighted by Crippen LogP contribution is 2.22. The Bertz CT molecular complexity index is 839. The lowest BCUT2D eigenvalue weighted by molar-refractivity contribution is -0.130. The van der Waals surface area contributed by atoms with Gasteiger partial charge in [-0.25, -0.2) is 0 Å². The molecule has 2 aromatic rings. The van der Waals surface area contributed by atoms with Crippen molar-refractivity contribution in [3.05, 3.63) is 48.0 Å². The number of rotatable bonds is 6. The smallest absolute Gasteiger partial charge is 0.251 e. The minimum atomic E-state index is -0.363. The first kappa shape index (κ1) is 20.3. The average molecular weight is 399 g/mol. The number of piperazine rings is 1. The zero-order valence-electron chi connectivity index (χ0n) is 16.6. The molecule has 3 rings (SSSR count). The summed E-state index contributed by atoms with van der Waals surface area (Å²) < 4.78 is 10.3. The highest BCUT2D eigenvalue weighted by atomic mass is 16.5. The van der Waals surface area contributed by atoms with Crippen LogP contribution in [0.4, 0.5) is 5.69 Å². The molecule has 0 spiro atoms. The summed E-state index contributed by atoms with van der Waals surface area (Å²) in [6.45, 7) is 2.46. The normalized spacial score (nSPS) is 13.7. The standard InChI is InChI=1S/C21H25N3O5/c1-28-18-11-15(12-19(13-18)29-2)21(27)22-14-20(26)24-9-7-23(8-10-24)16-3-5-17(25)6-4-16/h3-6,11-13,25H,7-10,14H2,1-2H3,(H,22,27). The van der Waals surface area contributed by atoms with Crippen molar-refractivity contribution in [1.29, 1.82) is 0 Å². The maximum absolute atomic E-state index is 12.5. The van der Waals surface area contributed by atoms with Crippen molar-refractivity contribution in [3.8, 4) is 17.2 Å². The van der Waals surface area contributed by atoms with E-state index in [0.717, 1.165) is 5.69 Å². The predicted molar refractivity (Wildman–Crippen MR) is 109 cm³/mol. The van der Waals surface area contributed by atoms with Crippen molar-refractivity contribution in [2.45, 2.75) is 0 Å². The largest absolute Gasteiger partial charge is 0.508 e. The molecule has 2 N–H and O–H groups in total. The Balaban J connectivity index is 1.51. The molecule has 1 heterocycles. The number of hydrogen-bond donors (Lipinski definition) is 2. The van der Waals surface area contributed by atoms with Crippen LogP contribution >= 0.6 is 0 Å². The molecule has 0 aromatic heterocycles.